The summed E-state index contributed by atoms with van der Waals surface area (Å²) >= 11 is 0. The van der Waals surface area contributed by atoms with Gasteiger partial charge >= 0.3 is 0 Å². The van der Waals surface area contributed by atoms with Gasteiger partial charge in [-0.3, -0.25) is 9.98 Å². The van der Waals surface area contributed by atoms with Crippen LogP contribution in [-0.4, -0.2) is 24.5 Å². The number of nitrogens with one attached hydrogen (secondary N) is 2. The van der Waals surface area contributed by atoms with E-state index in [0.29, 0.717) is 6.54 Å². The SMILES string of the molecule is CN=C(NCCc1cc(C)cc(C)c1)NCc1ccccn1.I. The van der Waals surface area contributed by atoms with E-state index >= 15 is 0 Å². The largest absolute Gasteiger partial charge is 0.356 e. The van der Waals surface area contributed by atoms with Gasteiger partial charge in [0.2, 0.25) is 0 Å². The van der Waals surface area contributed by atoms with Crippen LogP contribution in [0.3, 0.4) is 0 Å². The van der Waals surface area contributed by atoms with Crippen LogP contribution >= 0.6 is 24.0 Å². The second-order valence-electron chi connectivity index (χ2n) is 5.42. The van der Waals surface area contributed by atoms with Gasteiger partial charge in [0.1, 0.15) is 0 Å². The van der Waals surface area contributed by atoms with Gasteiger partial charge in [-0.2, -0.15) is 0 Å². The topological polar surface area (TPSA) is 49.3 Å². The fourth-order valence-corrected chi connectivity index (χ4v) is 2.44. The normalized spacial score (nSPS) is 10.8. The number of aromatic nitrogens is 1. The molecule has 0 saturated heterocycles. The maximum Gasteiger partial charge on any atom is 0.191 e. The lowest BCUT2D eigenvalue weighted by atomic mass is 10.1. The number of guanidine groups is 1. The smallest absolute Gasteiger partial charge is 0.191 e. The van der Waals surface area contributed by atoms with E-state index in [4.69, 9.17) is 0 Å². The van der Waals surface area contributed by atoms with E-state index in [1.54, 1.807) is 13.2 Å². The molecule has 23 heavy (non-hydrogen) atoms. The maximum absolute atomic E-state index is 4.29. The van der Waals surface area contributed by atoms with E-state index in [-0.39, 0.29) is 24.0 Å². The summed E-state index contributed by atoms with van der Waals surface area (Å²) in [7, 11) is 1.78. The first-order valence-electron chi connectivity index (χ1n) is 7.59. The fraction of sp³-hybridized carbons (Fsp3) is 0.333. The van der Waals surface area contributed by atoms with Gasteiger partial charge in [0.25, 0.3) is 0 Å². The molecular formula is C18H25IN4. The molecule has 0 aliphatic rings. The van der Waals surface area contributed by atoms with E-state index < -0.39 is 0 Å². The monoisotopic (exact) mass is 424 g/mol. The first-order chi connectivity index (χ1) is 10.7. The fourth-order valence-electron chi connectivity index (χ4n) is 2.44. The lowest BCUT2D eigenvalue weighted by Crippen LogP contribution is -2.38. The molecule has 0 unspecified atom stereocenters. The molecule has 0 amide bonds. The molecule has 4 nitrogen and oxygen atoms in total. The van der Waals surface area contributed by atoms with E-state index in [1.807, 2.05) is 18.2 Å². The molecule has 5 heteroatoms. The summed E-state index contributed by atoms with van der Waals surface area (Å²) in [6.07, 6.45) is 2.78. The summed E-state index contributed by atoms with van der Waals surface area (Å²) in [6, 6.07) is 12.6. The number of rotatable bonds is 5. The number of nitrogens with zero attached hydrogens (tertiary/aromatic N) is 2. The second-order valence-corrected chi connectivity index (χ2v) is 5.42. The quantitative estimate of drug-likeness (QED) is 0.440. The standard InChI is InChI=1S/C18H24N4.HI/c1-14-10-15(2)12-16(11-14)7-9-21-18(19-3)22-13-17-6-4-5-8-20-17;/h4-6,8,10-12H,7,9,13H2,1-3H3,(H2,19,21,22);1H. The zero-order valence-electron chi connectivity index (χ0n) is 14.0. The molecule has 1 aromatic carbocycles. The van der Waals surface area contributed by atoms with Crippen molar-refractivity contribution in [2.24, 2.45) is 4.99 Å². The lowest BCUT2D eigenvalue weighted by molar-refractivity contribution is 0.783. The number of pyridine rings is 1. The lowest BCUT2D eigenvalue weighted by Gasteiger charge is -2.12. The minimum atomic E-state index is 0. The van der Waals surface area contributed by atoms with Gasteiger partial charge in [0.05, 0.1) is 12.2 Å². The zero-order valence-corrected chi connectivity index (χ0v) is 16.3. The van der Waals surface area contributed by atoms with Crippen molar-refractivity contribution in [3.8, 4) is 0 Å². The highest BCUT2D eigenvalue weighted by molar-refractivity contribution is 14.0. The summed E-state index contributed by atoms with van der Waals surface area (Å²) < 4.78 is 0. The molecule has 2 aromatic rings. The Morgan fingerprint density at radius 1 is 1.09 bits per heavy atom. The van der Waals surface area contributed by atoms with E-state index in [2.05, 4.69) is 52.7 Å². The average Bonchev–Trinajstić information content (AvgIpc) is 2.50. The third kappa shape index (κ3) is 6.99. The number of halogens is 1. The molecule has 2 N–H and O–H groups in total. The van der Waals surface area contributed by atoms with Crippen LogP contribution in [0.4, 0.5) is 0 Å². The Hall–Kier alpha value is -1.63. The predicted molar refractivity (Wildman–Crippen MR) is 107 cm³/mol. The molecule has 124 valence electrons. The van der Waals surface area contributed by atoms with E-state index in [1.165, 1.54) is 16.7 Å². The van der Waals surface area contributed by atoms with Gasteiger partial charge in [-0.05, 0) is 38.0 Å². The summed E-state index contributed by atoms with van der Waals surface area (Å²) in [4.78, 5) is 8.52. The molecule has 0 radical (unpaired) electrons. The average molecular weight is 424 g/mol. The summed E-state index contributed by atoms with van der Waals surface area (Å²) in [5.41, 5.74) is 4.98. The molecule has 0 saturated carbocycles. The Morgan fingerprint density at radius 3 is 2.43 bits per heavy atom. The van der Waals surface area contributed by atoms with Crippen LogP contribution in [-0.2, 0) is 13.0 Å². The molecule has 0 aliphatic heterocycles. The highest BCUT2D eigenvalue weighted by Crippen LogP contribution is 2.08. The van der Waals surface area contributed by atoms with Crippen LogP contribution in [0.2, 0.25) is 0 Å². The summed E-state index contributed by atoms with van der Waals surface area (Å²) in [5, 5.41) is 6.61. The van der Waals surface area contributed by atoms with Crippen LogP contribution in [0.1, 0.15) is 22.4 Å². The number of benzene rings is 1. The second kappa shape index (κ2) is 10.2. The van der Waals surface area contributed by atoms with Gasteiger partial charge < -0.3 is 10.6 Å². The van der Waals surface area contributed by atoms with Crippen LogP contribution in [0.15, 0.2) is 47.6 Å². The van der Waals surface area contributed by atoms with Gasteiger partial charge in [-0.25, -0.2) is 0 Å². The molecule has 0 atom stereocenters. The van der Waals surface area contributed by atoms with Crippen molar-refractivity contribution in [3.05, 3.63) is 65.0 Å². The molecule has 1 heterocycles. The number of hydrogen-bond acceptors (Lipinski definition) is 2. The first-order valence-corrected chi connectivity index (χ1v) is 7.59. The molecule has 1 aromatic heterocycles. The third-order valence-electron chi connectivity index (χ3n) is 3.37. The summed E-state index contributed by atoms with van der Waals surface area (Å²) in [5.74, 6) is 0.801. The minimum absolute atomic E-state index is 0. The molecule has 0 spiro atoms. The van der Waals surface area contributed by atoms with Gasteiger partial charge in [0.15, 0.2) is 5.96 Å². The van der Waals surface area contributed by atoms with Gasteiger partial charge in [-0.15, -0.1) is 24.0 Å². The van der Waals surface area contributed by atoms with Crippen molar-refractivity contribution in [3.63, 3.8) is 0 Å². The highest BCUT2D eigenvalue weighted by Gasteiger charge is 2.00. The van der Waals surface area contributed by atoms with E-state index in [9.17, 15) is 0 Å². The Morgan fingerprint density at radius 2 is 1.83 bits per heavy atom. The highest BCUT2D eigenvalue weighted by atomic mass is 127. The minimum Gasteiger partial charge on any atom is -0.356 e. The molecule has 0 aliphatic carbocycles. The van der Waals surface area contributed by atoms with Crippen molar-refractivity contribution < 1.29 is 0 Å². The van der Waals surface area contributed by atoms with Crippen molar-refractivity contribution in [1.29, 1.82) is 0 Å². The van der Waals surface area contributed by atoms with Crippen molar-refractivity contribution >= 4 is 29.9 Å². The molecule has 0 fully saturated rings. The summed E-state index contributed by atoms with van der Waals surface area (Å²) in [6.45, 7) is 5.80. The Kier molecular flexibility index (Phi) is 8.61. The zero-order chi connectivity index (χ0) is 15.8. The van der Waals surface area contributed by atoms with Crippen LogP contribution in [0.25, 0.3) is 0 Å². The third-order valence-corrected chi connectivity index (χ3v) is 3.37. The number of aryl methyl sites for hydroxylation is 2. The Balaban J connectivity index is 0.00000264. The van der Waals surface area contributed by atoms with Crippen LogP contribution < -0.4 is 10.6 Å². The van der Waals surface area contributed by atoms with Crippen molar-refractivity contribution in [2.45, 2.75) is 26.8 Å². The predicted octanol–water partition coefficient (Wildman–Crippen LogP) is 3.22. The van der Waals surface area contributed by atoms with Crippen LogP contribution in [0.5, 0.6) is 0 Å². The number of hydrogen-bond donors (Lipinski definition) is 2. The molecular weight excluding hydrogens is 399 g/mol. The number of aliphatic imine (C=N–C) groups is 1. The molecule has 2 rings (SSSR count). The maximum atomic E-state index is 4.29. The van der Waals surface area contributed by atoms with E-state index in [0.717, 1.165) is 24.6 Å². The first kappa shape index (κ1) is 19.4. The van der Waals surface area contributed by atoms with Gasteiger partial charge in [0, 0.05) is 19.8 Å². The van der Waals surface area contributed by atoms with Crippen LogP contribution in [0, 0.1) is 13.8 Å². The Bertz CT molecular complexity index is 606. The molecule has 0 bridgehead atoms. The Labute approximate surface area is 155 Å². The van der Waals surface area contributed by atoms with Crippen molar-refractivity contribution in [1.82, 2.24) is 15.6 Å². The van der Waals surface area contributed by atoms with Gasteiger partial charge in [-0.1, -0.05) is 35.4 Å². The van der Waals surface area contributed by atoms with Crippen molar-refractivity contribution in [2.75, 3.05) is 13.6 Å².